The number of hydrogen-bond acceptors (Lipinski definition) is 1. The van der Waals surface area contributed by atoms with Crippen molar-refractivity contribution in [3.05, 3.63) is 45.8 Å². The van der Waals surface area contributed by atoms with Crippen molar-refractivity contribution in [1.82, 2.24) is 4.57 Å². The van der Waals surface area contributed by atoms with Gasteiger partial charge in [0.2, 0.25) is 0 Å². The molecule has 2 aromatic rings. The van der Waals surface area contributed by atoms with Crippen LogP contribution in [0.25, 0.3) is 10.9 Å². The standard InChI is InChI=1S/C13H11F2NO/c1-7-2-3-8-12(15)10(14)6-9-11(17)4-5-16(7)13(8)9/h4-7H,2-3H2,1H3/t7-/m1/s1. The van der Waals surface area contributed by atoms with Crippen molar-refractivity contribution >= 4 is 10.9 Å². The van der Waals surface area contributed by atoms with Crippen LogP contribution in [0.5, 0.6) is 0 Å². The summed E-state index contributed by atoms with van der Waals surface area (Å²) in [6.45, 7) is 2.01. The van der Waals surface area contributed by atoms with Gasteiger partial charge in [-0.05, 0) is 25.8 Å². The molecule has 1 aliphatic heterocycles. The molecule has 88 valence electrons. The van der Waals surface area contributed by atoms with Crippen molar-refractivity contribution in [3.8, 4) is 0 Å². The highest BCUT2D eigenvalue weighted by molar-refractivity contribution is 5.83. The molecule has 1 aliphatic rings. The topological polar surface area (TPSA) is 22.0 Å². The minimum absolute atomic E-state index is 0.204. The fraction of sp³-hybridized carbons (Fsp3) is 0.308. The van der Waals surface area contributed by atoms with Crippen LogP contribution in [-0.4, -0.2) is 4.57 Å². The van der Waals surface area contributed by atoms with Gasteiger partial charge >= 0.3 is 0 Å². The van der Waals surface area contributed by atoms with Crippen molar-refractivity contribution in [1.29, 1.82) is 0 Å². The first-order valence-corrected chi connectivity index (χ1v) is 5.61. The molecule has 0 saturated heterocycles. The molecule has 0 N–H and O–H groups in total. The monoisotopic (exact) mass is 235 g/mol. The summed E-state index contributed by atoms with van der Waals surface area (Å²) in [7, 11) is 0. The van der Waals surface area contributed by atoms with Crippen LogP contribution in [0.4, 0.5) is 8.78 Å². The Morgan fingerprint density at radius 1 is 1.41 bits per heavy atom. The Kier molecular flexibility index (Phi) is 2.08. The number of rotatable bonds is 0. The number of halogens is 2. The van der Waals surface area contributed by atoms with E-state index in [1.807, 2.05) is 11.5 Å². The first-order valence-electron chi connectivity index (χ1n) is 5.61. The van der Waals surface area contributed by atoms with E-state index in [9.17, 15) is 13.6 Å². The average Bonchev–Trinajstić information content (AvgIpc) is 2.31. The summed E-state index contributed by atoms with van der Waals surface area (Å²) in [5.74, 6) is -1.75. The van der Waals surface area contributed by atoms with Gasteiger partial charge in [-0.1, -0.05) is 0 Å². The summed E-state index contributed by atoms with van der Waals surface area (Å²) in [6, 6.07) is 2.62. The molecule has 17 heavy (non-hydrogen) atoms. The van der Waals surface area contributed by atoms with Crippen LogP contribution in [0.1, 0.15) is 24.9 Å². The van der Waals surface area contributed by atoms with E-state index in [1.54, 1.807) is 6.20 Å². The third-order valence-corrected chi connectivity index (χ3v) is 3.48. The quantitative estimate of drug-likeness (QED) is 0.688. The zero-order chi connectivity index (χ0) is 12.2. The van der Waals surface area contributed by atoms with E-state index >= 15 is 0 Å². The van der Waals surface area contributed by atoms with Crippen LogP contribution in [-0.2, 0) is 6.42 Å². The van der Waals surface area contributed by atoms with E-state index < -0.39 is 11.6 Å². The predicted octanol–water partition coefficient (Wildman–Crippen LogP) is 2.79. The Morgan fingerprint density at radius 2 is 2.18 bits per heavy atom. The van der Waals surface area contributed by atoms with Gasteiger partial charge in [0.15, 0.2) is 17.1 Å². The lowest BCUT2D eigenvalue weighted by Crippen LogP contribution is -2.19. The van der Waals surface area contributed by atoms with E-state index in [1.165, 1.54) is 6.07 Å². The molecule has 0 radical (unpaired) electrons. The normalized spacial score (nSPS) is 18.6. The Labute approximate surface area is 96.5 Å². The molecule has 0 aliphatic carbocycles. The molecule has 2 heterocycles. The largest absolute Gasteiger partial charge is 0.344 e. The zero-order valence-electron chi connectivity index (χ0n) is 9.34. The molecule has 0 bridgehead atoms. The van der Waals surface area contributed by atoms with Gasteiger partial charge in [-0.2, -0.15) is 0 Å². The summed E-state index contributed by atoms with van der Waals surface area (Å²) >= 11 is 0. The first kappa shape index (κ1) is 10.4. The Bertz CT molecular complexity index is 675. The number of aromatic nitrogens is 1. The lowest BCUT2D eigenvalue weighted by Gasteiger charge is -2.26. The van der Waals surface area contributed by atoms with Gasteiger partial charge in [0, 0.05) is 29.3 Å². The number of benzene rings is 1. The van der Waals surface area contributed by atoms with Crippen molar-refractivity contribution in [2.75, 3.05) is 0 Å². The Morgan fingerprint density at radius 3 is 2.94 bits per heavy atom. The predicted molar refractivity (Wildman–Crippen MR) is 61.2 cm³/mol. The van der Waals surface area contributed by atoms with Gasteiger partial charge in [-0.3, -0.25) is 4.79 Å². The molecule has 3 rings (SSSR count). The maximum Gasteiger partial charge on any atom is 0.189 e. The molecule has 1 aromatic heterocycles. The van der Waals surface area contributed by atoms with E-state index in [-0.39, 0.29) is 16.9 Å². The maximum absolute atomic E-state index is 13.7. The van der Waals surface area contributed by atoms with E-state index in [0.29, 0.717) is 17.5 Å². The lowest BCUT2D eigenvalue weighted by molar-refractivity contribution is 0.462. The van der Waals surface area contributed by atoms with Gasteiger partial charge in [-0.15, -0.1) is 0 Å². The molecular weight excluding hydrogens is 224 g/mol. The minimum Gasteiger partial charge on any atom is -0.344 e. The molecule has 4 heteroatoms. The highest BCUT2D eigenvalue weighted by Crippen LogP contribution is 2.31. The third-order valence-electron chi connectivity index (χ3n) is 3.48. The van der Waals surface area contributed by atoms with Crippen molar-refractivity contribution < 1.29 is 8.78 Å². The van der Waals surface area contributed by atoms with Gasteiger partial charge in [0.25, 0.3) is 0 Å². The van der Waals surface area contributed by atoms with Crippen LogP contribution in [0, 0.1) is 11.6 Å². The first-order chi connectivity index (χ1) is 8.09. The molecule has 0 amide bonds. The van der Waals surface area contributed by atoms with E-state index in [4.69, 9.17) is 0 Å². The second-order valence-corrected chi connectivity index (χ2v) is 4.52. The number of pyridine rings is 1. The van der Waals surface area contributed by atoms with Crippen molar-refractivity contribution in [3.63, 3.8) is 0 Å². The molecule has 1 atom stereocenters. The highest BCUT2D eigenvalue weighted by Gasteiger charge is 2.23. The minimum atomic E-state index is -0.933. The summed E-state index contributed by atoms with van der Waals surface area (Å²) in [6.07, 6.45) is 2.89. The summed E-state index contributed by atoms with van der Waals surface area (Å²) < 4.78 is 29.0. The smallest absolute Gasteiger partial charge is 0.189 e. The zero-order valence-corrected chi connectivity index (χ0v) is 9.34. The second kappa shape index (κ2) is 3.39. The van der Waals surface area contributed by atoms with Gasteiger partial charge in [-0.25, -0.2) is 8.78 Å². The van der Waals surface area contributed by atoms with Crippen LogP contribution in [0.3, 0.4) is 0 Å². The Hall–Kier alpha value is -1.71. The molecule has 0 fully saturated rings. The lowest BCUT2D eigenvalue weighted by atomic mass is 9.96. The van der Waals surface area contributed by atoms with Gasteiger partial charge in [0.05, 0.1) is 5.52 Å². The average molecular weight is 235 g/mol. The summed E-state index contributed by atoms with van der Waals surface area (Å²) in [5.41, 5.74) is 0.622. The maximum atomic E-state index is 13.7. The molecule has 0 spiro atoms. The van der Waals surface area contributed by atoms with Gasteiger partial charge < -0.3 is 4.57 Å². The third kappa shape index (κ3) is 1.33. The second-order valence-electron chi connectivity index (χ2n) is 4.52. The fourth-order valence-electron chi connectivity index (χ4n) is 2.55. The number of hydrogen-bond donors (Lipinski definition) is 0. The van der Waals surface area contributed by atoms with Crippen molar-refractivity contribution in [2.45, 2.75) is 25.8 Å². The molecule has 0 unspecified atom stereocenters. The molecule has 2 nitrogen and oxygen atoms in total. The van der Waals surface area contributed by atoms with Crippen LogP contribution >= 0.6 is 0 Å². The molecular formula is C13H11F2NO. The summed E-state index contributed by atoms with van der Waals surface area (Å²) in [4.78, 5) is 11.7. The van der Waals surface area contributed by atoms with Crippen LogP contribution < -0.4 is 5.43 Å². The van der Waals surface area contributed by atoms with E-state index in [0.717, 1.165) is 12.5 Å². The highest BCUT2D eigenvalue weighted by atomic mass is 19.2. The Balaban J connectivity index is 2.57. The SMILES string of the molecule is C[C@@H]1CCc2c(F)c(F)cc3c(=O)ccn1c23. The molecule has 0 saturated carbocycles. The number of nitrogens with zero attached hydrogens (tertiary/aromatic N) is 1. The van der Waals surface area contributed by atoms with E-state index in [2.05, 4.69) is 0 Å². The van der Waals surface area contributed by atoms with Crippen LogP contribution in [0.15, 0.2) is 23.1 Å². The van der Waals surface area contributed by atoms with Crippen molar-refractivity contribution in [2.24, 2.45) is 0 Å². The van der Waals surface area contributed by atoms with Gasteiger partial charge in [0.1, 0.15) is 0 Å². The van der Waals surface area contributed by atoms with Crippen LogP contribution in [0.2, 0.25) is 0 Å². The fourth-order valence-corrected chi connectivity index (χ4v) is 2.55. The summed E-state index contributed by atoms with van der Waals surface area (Å²) in [5, 5.41) is 0.271. The molecule has 1 aromatic carbocycles. The number of aryl methyl sites for hydroxylation is 1.